The minimum Gasteiger partial charge on any atom is -0.497 e. The number of ether oxygens (including phenoxy) is 1. The summed E-state index contributed by atoms with van der Waals surface area (Å²) in [6.07, 6.45) is 10.9. The predicted octanol–water partition coefficient (Wildman–Crippen LogP) is 2.64. The molecule has 0 radical (unpaired) electrons. The fraction of sp³-hybridized carbons (Fsp3) is 0.588. The second-order valence-corrected chi connectivity index (χ2v) is 6.07. The molecule has 3 rings (SSSR count). The number of piperidine rings is 1. The van der Waals surface area contributed by atoms with Crippen LogP contribution in [0.5, 0.6) is 0 Å². The normalized spacial score (nSPS) is 23.1. The minimum absolute atomic E-state index is 0.354. The largest absolute Gasteiger partial charge is 0.497 e. The lowest BCUT2D eigenvalue weighted by Crippen LogP contribution is -2.45. The number of nitrogens with one attached hydrogen (secondary N) is 1. The van der Waals surface area contributed by atoms with Crippen LogP contribution in [0.2, 0.25) is 0 Å². The van der Waals surface area contributed by atoms with Crippen molar-refractivity contribution < 1.29 is 4.74 Å². The lowest BCUT2D eigenvalue weighted by Gasteiger charge is -2.34. The molecule has 0 saturated carbocycles. The van der Waals surface area contributed by atoms with Gasteiger partial charge in [0.05, 0.1) is 6.26 Å². The second kappa shape index (κ2) is 6.94. The zero-order valence-corrected chi connectivity index (χ0v) is 12.8. The minimum atomic E-state index is 0.354. The van der Waals surface area contributed by atoms with Crippen LogP contribution in [0.15, 0.2) is 30.7 Å². The summed E-state index contributed by atoms with van der Waals surface area (Å²) in [5.74, 6) is 1.11. The number of nitrogens with zero attached hydrogens (tertiary/aromatic N) is 2. The van der Waals surface area contributed by atoms with Crippen molar-refractivity contribution in [3.63, 3.8) is 0 Å². The fourth-order valence-electron chi connectivity index (χ4n) is 2.99. The van der Waals surface area contributed by atoms with E-state index in [-0.39, 0.29) is 0 Å². The summed E-state index contributed by atoms with van der Waals surface area (Å²) in [6.45, 7) is 5.21. The fourth-order valence-corrected chi connectivity index (χ4v) is 2.99. The summed E-state index contributed by atoms with van der Waals surface area (Å²) in [6, 6.07) is 4.88. The molecule has 0 bridgehead atoms. The van der Waals surface area contributed by atoms with Crippen molar-refractivity contribution in [2.24, 2.45) is 0 Å². The smallest absolute Gasteiger partial charge is 0.128 e. The number of pyridine rings is 1. The van der Waals surface area contributed by atoms with Crippen molar-refractivity contribution in [3.8, 4) is 0 Å². The Morgan fingerprint density at radius 3 is 2.81 bits per heavy atom. The molecule has 0 aromatic carbocycles. The van der Waals surface area contributed by atoms with Gasteiger partial charge in [-0.05, 0) is 50.3 Å². The Balaban J connectivity index is 1.42. The van der Waals surface area contributed by atoms with Crippen LogP contribution < -0.4 is 10.2 Å². The highest BCUT2D eigenvalue weighted by molar-refractivity contribution is 5.39. The number of hydrogen-bond acceptors (Lipinski definition) is 4. The number of aromatic nitrogens is 1. The zero-order chi connectivity index (χ0) is 14.5. The van der Waals surface area contributed by atoms with E-state index in [2.05, 4.69) is 40.3 Å². The van der Waals surface area contributed by atoms with Crippen molar-refractivity contribution in [1.29, 1.82) is 0 Å². The quantitative estimate of drug-likeness (QED) is 0.924. The van der Waals surface area contributed by atoms with E-state index in [1.165, 1.54) is 18.4 Å². The highest BCUT2D eigenvalue weighted by atomic mass is 16.5. The Morgan fingerprint density at radius 2 is 2.14 bits per heavy atom. The van der Waals surface area contributed by atoms with E-state index in [0.29, 0.717) is 12.1 Å². The first-order valence-corrected chi connectivity index (χ1v) is 8.03. The standard InChI is InChI=1S/C17H25N3O/c1-14-5-6-17(19-12-14)20-9-7-15(8-10-20)18-13-16-4-2-3-11-21-16/h3,5-6,11-12,15-16,18H,2,4,7-10,13H2,1H3/t16-/m1/s1. The molecule has 1 aromatic rings. The van der Waals surface area contributed by atoms with Crippen LogP contribution in [-0.4, -0.2) is 36.8 Å². The van der Waals surface area contributed by atoms with E-state index in [9.17, 15) is 0 Å². The van der Waals surface area contributed by atoms with Crippen LogP contribution in [0.1, 0.15) is 31.2 Å². The number of rotatable bonds is 4. The SMILES string of the molecule is Cc1ccc(N2CCC(NC[C@H]3CCC=CO3)CC2)nc1. The van der Waals surface area contributed by atoms with Crippen molar-refractivity contribution in [1.82, 2.24) is 10.3 Å². The highest BCUT2D eigenvalue weighted by Crippen LogP contribution is 2.18. The first-order chi connectivity index (χ1) is 10.3. The molecular formula is C17H25N3O. The molecule has 1 fully saturated rings. The Hall–Kier alpha value is -1.55. The van der Waals surface area contributed by atoms with Crippen molar-refractivity contribution in [2.75, 3.05) is 24.5 Å². The van der Waals surface area contributed by atoms with E-state index in [1.807, 2.05) is 12.5 Å². The molecule has 2 aliphatic rings. The van der Waals surface area contributed by atoms with Gasteiger partial charge in [-0.1, -0.05) is 6.07 Å². The summed E-state index contributed by atoms with van der Waals surface area (Å²) >= 11 is 0. The van der Waals surface area contributed by atoms with Crippen molar-refractivity contribution in [2.45, 2.75) is 44.8 Å². The molecule has 0 unspecified atom stereocenters. The summed E-state index contributed by atoms with van der Waals surface area (Å²) in [4.78, 5) is 6.91. The molecule has 3 heterocycles. The van der Waals surface area contributed by atoms with Crippen molar-refractivity contribution >= 4 is 5.82 Å². The summed E-state index contributed by atoms with van der Waals surface area (Å²) < 4.78 is 5.61. The third kappa shape index (κ3) is 3.97. The van der Waals surface area contributed by atoms with Gasteiger partial charge in [-0.3, -0.25) is 0 Å². The van der Waals surface area contributed by atoms with E-state index in [4.69, 9.17) is 4.74 Å². The van der Waals surface area contributed by atoms with Gasteiger partial charge < -0.3 is 15.0 Å². The molecule has 4 nitrogen and oxygen atoms in total. The Bertz CT molecular complexity index is 463. The van der Waals surface area contributed by atoms with E-state index >= 15 is 0 Å². The molecule has 1 saturated heterocycles. The van der Waals surface area contributed by atoms with Gasteiger partial charge in [0.1, 0.15) is 11.9 Å². The topological polar surface area (TPSA) is 37.4 Å². The Kier molecular flexibility index (Phi) is 4.76. The maximum atomic E-state index is 5.61. The first-order valence-electron chi connectivity index (χ1n) is 8.03. The van der Waals surface area contributed by atoms with E-state index in [1.54, 1.807) is 0 Å². The summed E-state index contributed by atoms with van der Waals surface area (Å²) in [5.41, 5.74) is 1.22. The van der Waals surface area contributed by atoms with Gasteiger partial charge in [-0.2, -0.15) is 0 Å². The molecule has 1 N–H and O–H groups in total. The average molecular weight is 287 g/mol. The lowest BCUT2D eigenvalue weighted by molar-refractivity contribution is 0.118. The van der Waals surface area contributed by atoms with Crippen LogP contribution in [-0.2, 0) is 4.74 Å². The molecule has 1 aromatic heterocycles. The van der Waals surface area contributed by atoms with Gasteiger partial charge in [0, 0.05) is 31.9 Å². The number of allylic oxidation sites excluding steroid dienone is 1. The first kappa shape index (κ1) is 14.4. The highest BCUT2D eigenvalue weighted by Gasteiger charge is 2.21. The second-order valence-electron chi connectivity index (χ2n) is 6.07. The van der Waals surface area contributed by atoms with Gasteiger partial charge in [-0.25, -0.2) is 4.98 Å². The van der Waals surface area contributed by atoms with E-state index in [0.717, 1.165) is 38.3 Å². The molecule has 0 aliphatic carbocycles. The maximum Gasteiger partial charge on any atom is 0.128 e. The van der Waals surface area contributed by atoms with Crippen LogP contribution in [0.4, 0.5) is 5.82 Å². The Morgan fingerprint density at radius 1 is 1.29 bits per heavy atom. The van der Waals surface area contributed by atoms with Crippen LogP contribution >= 0.6 is 0 Å². The van der Waals surface area contributed by atoms with Crippen LogP contribution in [0.25, 0.3) is 0 Å². The molecule has 0 amide bonds. The third-order valence-electron chi connectivity index (χ3n) is 4.37. The molecule has 114 valence electrons. The number of aryl methyl sites for hydroxylation is 1. The third-order valence-corrected chi connectivity index (χ3v) is 4.37. The van der Waals surface area contributed by atoms with Crippen LogP contribution in [0.3, 0.4) is 0 Å². The molecule has 1 atom stereocenters. The summed E-state index contributed by atoms with van der Waals surface area (Å²) in [5, 5.41) is 3.67. The number of anilines is 1. The molecular weight excluding hydrogens is 262 g/mol. The molecule has 2 aliphatic heterocycles. The van der Waals surface area contributed by atoms with Gasteiger partial charge >= 0.3 is 0 Å². The van der Waals surface area contributed by atoms with Gasteiger partial charge in [-0.15, -0.1) is 0 Å². The van der Waals surface area contributed by atoms with Gasteiger partial charge in [0.25, 0.3) is 0 Å². The zero-order valence-electron chi connectivity index (χ0n) is 12.8. The monoisotopic (exact) mass is 287 g/mol. The molecule has 0 spiro atoms. The van der Waals surface area contributed by atoms with Crippen LogP contribution in [0, 0.1) is 6.92 Å². The predicted molar refractivity (Wildman–Crippen MR) is 85.5 cm³/mol. The Labute approximate surface area is 127 Å². The van der Waals surface area contributed by atoms with E-state index < -0.39 is 0 Å². The average Bonchev–Trinajstić information content (AvgIpc) is 2.55. The lowest BCUT2D eigenvalue weighted by atomic mass is 10.0. The van der Waals surface area contributed by atoms with Gasteiger partial charge in [0.15, 0.2) is 0 Å². The van der Waals surface area contributed by atoms with Gasteiger partial charge in [0.2, 0.25) is 0 Å². The number of hydrogen-bond donors (Lipinski definition) is 1. The summed E-state index contributed by atoms with van der Waals surface area (Å²) in [7, 11) is 0. The van der Waals surface area contributed by atoms with Crippen molar-refractivity contribution in [3.05, 3.63) is 36.2 Å². The molecule has 21 heavy (non-hydrogen) atoms. The molecule has 4 heteroatoms. The maximum absolute atomic E-state index is 5.61.